The first kappa shape index (κ1) is 20.9. The molecule has 5 heteroatoms. The molecule has 4 nitrogen and oxygen atoms in total. The molecule has 0 aliphatic heterocycles. The molecule has 1 saturated carbocycles. The Morgan fingerprint density at radius 1 is 1.21 bits per heavy atom. The summed E-state index contributed by atoms with van der Waals surface area (Å²) in [7, 11) is 0. The fraction of sp³-hybridized carbons (Fsp3) is 0.417. The summed E-state index contributed by atoms with van der Waals surface area (Å²) in [6.07, 6.45) is 4.03. The first-order chi connectivity index (χ1) is 14.0. The van der Waals surface area contributed by atoms with E-state index in [1.807, 2.05) is 13.8 Å². The Hall–Kier alpha value is -2.87. The molecule has 1 N–H and O–H groups in total. The number of nitriles is 1. The van der Waals surface area contributed by atoms with Crippen LogP contribution in [0.4, 0.5) is 10.1 Å². The topological polar surface area (TPSA) is 62.1 Å². The maximum absolute atomic E-state index is 14.6. The van der Waals surface area contributed by atoms with Crippen LogP contribution in [0.3, 0.4) is 0 Å². The van der Waals surface area contributed by atoms with Crippen LogP contribution in [0.5, 0.6) is 5.75 Å². The van der Waals surface area contributed by atoms with E-state index in [-0.39, 0.29) is 11.7 Å². The van der Waals surface area contributed by atoms with E-state index in [2.05, 4.69) is 11.4 Å². The van der Waals surface area contributed by atoms with Gasteiger partial charge < -0.3 is 10.1 Å². The fourth-order valence-corrected chi connectivity index (χ4v) is 3.95. The van der Waals surface area contributed by atoms with Crippen LogP contribution in [0.2, 0.25) is 0 Å². The van der Waals surface area contributed by atoms with E-state index in [0.29, 0.717) is 47.9 Å². The SMILES string of the molecule is CC(C)COc1ccc(NC(=O)C2(c3ccccc3F)CCCCC2)cc1C#N. The summed E-state index contributed by atoms with van der Waals surface area (Å²) >= 11 is 0. The van der Waals surface area contributed by atoms with Crippen molar-refractivity contribution in [2.75, 3.05) is 11.9 Å². The highest BCUT2D eigenvalue weighted by Crippen LogP contribution is 2.41. The summed E-state index contributed by atoms with van der Waals surface area (Å²) in [5, 5.41) is 12.4. The van der Waals surface area contributed by atoms with Gasteiger partial charge in [0.15, 0.2) is 0 Å². The van der Waals surface area contributed by atoms with Crippen molar-refractivity contribution in [1.82, 2.24) is 0 Å². The van der Waals surface area contributed by atoms with Crippen molar-refractivity contribution in [2.45, 2.75) is 51.4 Å². The second-order valence-corrected chi connectivity index (χ2v) is 8.10. The predicted octanol–water partition coefficient (Wildman–Crippen LogP) is 5.57. The lowest BCUT2D eigenvalue weighted by Crippen LogP contribution is -2.42. The van der Waals surface area contributed by atoms with Gasteiger partial charge in [-0.15, -0.1) is 0 Å². The van der Waals surface area contributed by atoms with E-state index < -0.39 is 5.41 Å². The molecule has 3 rings (SSSR count). The molecule has 0 unspecified atom stereocenters. The van der Waals surface area contributed by atoms with Crippen LogP contribution in [0.1, 0.15) is 57.1 Å². The molecule has 0 heterocycles. The van der Waals surface area contributed by atoms with Gasteiger partial charge in [-0.25, -0.2) is 4.39 Å². The largest absolute Gasteiger partial charge is 0.492 e. The van der Waals surface area contributed by atoms with E-state index in [4.69, 9.17) is 4.74 Å². The number of anilines is 1. The van der Waals surface area contributed by atoms with Gasteiger partial charge in [-0.1, -0.05) is 51.3 Å². The lowest BCUT2D eigenvalue weighted by atomic mass is 9.68. The fourth-order valence-electron chi connectivity index (χ4n) is 3.95. The maximum atomic E-state index is 14.6. The van der Waals surface area contributed by atoms with Gasteiger partial charge in [-0.3, -0.25) is 4.79 Å². The van der Waals surface area contributed by atoms with Crippen LogP contribution in [-0.2, 0) is 10.2 Å². The van der Waals surface area contributed by atoms with E-state index in [9.17, 15) is 14.4 Å². The van der Waals surface area contributed by atoms with Crippen LogP contribution >= 0.6 is 0 Å². The highest BCUT2D eigenvalue weighted by Gasteiger charge is 2.42. The highest BCUT2D eigenvalue weighted by molar-refractivity contribution is 5.99. The molecule has 1 fully saturated rings. The predicted molar refractivity (Wildman–Crippen MR) is 111 cm³/mol. The van der Waals surface area contributed by atoms with E-state index in [1.54, 1.807) is 36.4 Å². The zero-order valence-electron chi connectivity index (χ0n) is 17.0. The molecule has 1 amide bonds. The maximum Gasteiger partial charge on any atom is 0.235 e. The number of nitrogens with zero attached hydrogens (tertiary/aromatic N) is 1. The van der Waals surface area contributed by atoms with Gasteiger partial charge in [0.1, 0.15) is 17.6 Å². The molecule has 0 radical (unpaired) electrons. The van der Waals surface area contributed by atoms with Gasteiger partial charge in [0.05, 0.1) is 17.6 Å². The summed E-state index contributed by atoms with van der Waals surface area (Å²) in [5.41, 5.74) is 0.454. The van der Waals surface area contributed by atoms with Crippen molar-refractivity contribution in [3.63, 3.8) is 0 Å². The first-order valence-electron chi connectivity index (χ1n) is 10.2. The Balaban J connectivity index is 1.87. The third-order valence-corrected chi connectivity index (χ3v) is 5.46. The molecule has 29 heavy (non-hydrogen) atoms. The Morgan fingerprint density at radius 3 is 2.59 bits per heavy atom. The van der Waals surface area contributed by atoms with Crippen LogP contribution in [0.15, 0.2) is 42.5 Å². The number of halogens is 1. The Labute approximate surface area is 171 Å². The monoisotopic (exact) mass is 394 g/mol. The minimum Gasteiger partial charge on any atom is -0.492 e. The Kier molecular flexibility index (Phi) is 6.53. The number of hydrogen-bond acceptors (Lipinski definition) is 3. The number of carbonyl (C=O) groups is 1. The van der Waals surface area contributed by atoms with Crippen LogP contribution in [-0.4, -0.2) is 12.5 Å². The molecule has 0 spiro atoms. The van der Waals surface area contributed by atoms with Gasteiger partial charge >= 0.3 is 0 Å². The van der Waals surface area contributed by atoms with Crippen molar-refractivity contribution in [3.8, 4) is 11.8 Å². The molecule has 1 aliphatic rings. The number of benzene rings is 2. The van der Waals surface area contributed by atoms with Gasteiger partial charge in [-0.2, -0.15) is 5.26 Å². The Morgan fingerprint density at radius 2 is 1.93 bits per heavy atom. The normalized spacial score (nSPS) is 15.6. The number of ether oxygens (including phenoxy) is 1. The molecule has 0 saturated heterocycles. The van der Waals surface area contributed by atoms with E-state index >= 15 is 0 Å². The van der Waals surface area contributed by atoms with Crippen molar-refractivity contribution in [2.24, 2.45) is 5.92 Å². The second-order valence-electron chi connectivity index (χ2n) is 8.10. The van der Waals surface area contributed by atoms with Crippen molar-refractivity contribution >= 4 is 11.6 Å². The molecule has 1 aliphatic carbocycles. The van der Waals surface area contributed by atoms with E-state index in [0.717, 1.165) is 19.3 Å². The van der Waals surface area contributed by atoms with Crippen LogP contribution in [0.25, 0.3) is 0 Å². The zero-order chi connectivity index (χ0) is 20.9. The second kappa shape index (κ2) is 9.09. The number of hydrogen-bond donors (Lipinski definition) is 1. The highest BCUT2D eigenvalue weighted by atomic mass is 19.1. The lowest BCUT2D eigenvalue weighted by Gasteiger charge is -2.36. The van der Waals surface area contributed by atoms with Crippen molar-refractivity contribution in [3.05, 3.63) is 59.4 Å². The van der Waals surface area contributed by atoms with Gasteiger partial charge in [0.25, 0.3) is 0 Å². The molecule has 2 aromatic rings. The molecular formula is C24H27FN2O2. The number of amides is 1. The van der Waals surface area contributed by atoms with Gasteiger partial charge in [0, 0.05) is 11.3 Å². The van der Waals surface area contributed by atoms with Crippen molar-refractivity contribution < 1.29 is 13.9 Å². The van der Waals surface area contributed by atoms with Crippen molar-refractivity contribution in [1.29, 1.82) is 5.26 Å². The summed E-state index contributed by atoms with van der Waals surface area (Å²) in [6, 6.07) is 13.7. The molecule has 0 aromatic heterocycles. The Bertz CT molecular complexity index is 911. The molecule has 0 bridgehead atoms. The number of rotatable bonds is 6. The summed E-state index contributed by atoms with van der Waals surface area (Å²) in [4.78, 5) is 13.3. The minimum absolute atomic E-state index is 0.220. The zero-order valence-corrected chi connectivity index (χ0v) is 17.0. The van der Waals surface area contributed by atoms with E-state index in [1.165, 1.54) is 6.07 Å². The van der Waals surface area contributed by atoms with Crippen LogP contribution < -0.4 is 10.1 Å². The van der Waals surface area contributed by atoms with Gasteiger partial charge in [0.2, 0.25) is 5.91 Å². The smallest absolute Gasteiger partial charge is 0.235 e. The average molecular weight is 394 g/mol. The molecule has 0 atom stereocenters. The summed E-state index contributed by atoms with van der Waals surface area (Å²) in [6.45, 7) is 4.58. The lowest BCUT2D eigenvalue weighted by molar-refractivity contribution is -0.122. The molecule has 152 valence electrons. The third-order valence-electron chi connectivity index (χ3n) is 5.46. The first-order valence-corrected chi connectivity index (χ1v) is 10.2. The molecule has 2 aromatic carbocycles. The third kappa shape index (κ3) is 4.59. The van der Waals surface area contributed by atoms with Gasteiger partial charge in [-0.05, 0) is 43.0 Å². The van der Waals surface area contributed by atoms with Crippen LogP contribution in [0, 0.1) is 23.1 Å². The molecular weight excluding hydrogens is 367 g/mol. The summed E-state index contributed by atoms with van der Waals surface area (Å²) < 4.78 is 20.3. The number of nitrogens with one attached hydrogen (secondary N) is 1. The standard InChI is InChI=1S/C24H27FN2O2/c1-17(2)16-29-22-11-10-19(14-18(22)15-26)27-23(28)24(12-6-3-7-13-24)20-8-4-5-9-21(20)25/h4-5,8-11,14,17H,3,6-7,12-13,16H2,1-2H3,(H,27,28). The number of carbonyl (C=O) groups excluding carboxylic acids is 1. The quantitative estimate of drug-likeness (QED) is 0.696. The minimum atomic E-state index is -0.886. The average Bonchev–Trinajstić information content (AvgIpc) is 2.73. The summed E-state index contributed by atoms with van der Waals surface area (Å²) in [5.74, 6) is 0.273.